The van der Waals surface area contributed by atoms with Gasteiger partial charge in [0.1, 0.15) is 11.5 Å². The molecule has 0 saturated heterocycles. The Hall–Kier alpha value is -2.60. The lowest BCUT2D eigenvalue weighted by Crippen LogP contribution is -2.20. The number of carbonyl (C=O) groups is 2. The molecule has 0 fully saturated rings. The van der Waals surface area contributed by atoms with Crippen LogP contribution in [0.1, 0.15) is 21.5 Å². The zero-order valence-electron chi connectivity index (χ0n) is 12.8. The van der Waals surface area contributed by atoms with E-state index in [1.165, 1.54) is 0 Å². The van der Waals surface area contributed by atoms with E-state index in [9.17, 15) is 9.59 Å². The maximum atomic E-state index is 12.5. The molecule has 3 rings (SSSR count). The number of Topliss-reactive ketones (excluding diaryl/α,β-unsaturated/α-hetero) is 1. The Balaban J connectivity index is 1.94. The van der Waals surface area contributed by atoms with Crippen LogP contribution in [0, 0.1) is 6.92 Å². The Labute approximate surface area is 147 Å². The minimum absolute atomic E-state index is 0.190. The van der Waals surface area contributed by atoms with Crippen LogP contribution in [0.25, 0.3) is 6.08 Å². The Morgan fingerprint density at radius 1 is 1.29 bits per heavy atom. The van der Waals surface area contributed by atoms with Gasteiger partial charge in [-0.3, -0.25) is 9.59 Å². The number of hydrogen-bond donors (Lipinski definition) is 1. The summed E-state index contributed by atoms with van der Waals surface area (Å²) in [5.41, 5.74) is 7.05. The molecule has 0 bridgehead atoms. The van der Waals surface area contributed by atoms with Crippen LogP contribution in [-0.4, -0.2) is 18.3 Å². The molecule has 24 heavy (non-hydrogen) atoms. The van der Waals surface area contributed by atoms with Crippen molar-refractivity contribution in [2.45, 2.75) is 6.92 Å². The number of carbonyl (C=O) groups excluding carboxylic acids is 2. The lowest BCUT2D eigenvalue weighted by atomic mass is 10.1. The maximum absolute atomic E-state index is 12.5. The lowest BCUT2D eigenvalue weighted by molar-refractivity contribution is -0.119. The van der Waals surface area contributed by atoms with Gasteiger partial charge < -0.3 is 15.2 Å². The van der Waals surface area contributed by atoms with Crippen LogP contribution in [0.4, 0.5) is 0 Å². The molecule has 2 aromatic carbocycles. The molecule has 6 heteroatoms. The fourth-order valence-corrected chi connectivity index (χ4v) is 2.81. The van der Waals surface area contributed by atoms with Crippen molar-refractivity contribution >= 4 is 33.7 Å². The minimum Gasteiger partial charge on any atom is -0.483 e. The van der Waals surface area contributed by atoms with Crippen LogP contribution in [0.3, 0.4) is 0 Å². The topological polar surface area (TPSA) is 78.6 Å². The number of primary amides is 1. The van der Waals surface area contributed by atoms with Gasteiger partial charge in [-0.1, -0.05) is 34.1 Å². The highest BCUT2D eigenvalue weighted by Gasteiger charge is 2.30. The molecule has 0 spiro atoms. The molecule has 2 N–H and O–H groups in total. The van der Waals surface area contributed by atoms with Crippen LogP contribution >= 0.6 is 15.9 Å². The van der Waals surface area contributed by atoms with Crippen LogP contribution < -0.4 is 15.2 Å². The first kappa shape index (κ1) is 16.3. The van der Waals surface area contributed by atoms with E-state index in [0.29, 0.717) is 22.6 Å². The zero-order valence-corrected chi connectivity index (χ0v) is 14.4. The fourth-order valence-electron chi connectivity index (χ4n) is 2.41. The first-order chi connectivity index (χ1) is 11.5. The zero-order chi connectivity index (χ0) is 17.3. The van der Waals surface area contributed by atoms with Gasteiger partial charge in [0.25, 0.3) is 5.91 Å². The van der Waals surface area contributed by atoms with Gasteiger partial charge >= 0.3 is 0 Å². The minimum atomic E-state index is -0.568. The fraction of sp³-hybridized carbons (Fsp3) is 0.111. The Bertz CT molecular complexity index is 873. The van der Waals surface area contributed by atoms with Gasteiger partial charge in [-0.2, -0.15) is 0 Å². The van der Waals surface area contributed by atoms with Gasteiger partial charge in [0, 0.05) is 10.0 Å². The summed E-state index contributed by atoms with van der Waals surface area (Å²) in [4.78, 5) is 23.4. The third-order valence-corrected chi connectivity index (χ3v) is 4.32. The summed E-state index contributed by atoms with van der Waals surface area (Å²) < 4.78 is 12.0. The molecule has 0 unspecified atom stereocenters. The molecule has 0 aliphatic carbocycles. The molecule has 1 amide bonds. The van der Waals surface area contributed by atoms with E-state index in [0.717, 1.165) is 10.0 Å². The number of halogens is 1. The normalized spacial score (nSPS) is 14.4. The predicted octanol–water partition coefficient (Wildman–Crippen LogP) is 3.24. The summed E-state index contributed by atoms with van der Waals surface area (Å²) >= 11 is 3.44. The first-order valence-electron chi connectivity index (χ1n) is 7.21. The second-order valence-electron chi connectivity index (χ2n) is 5.28. The number of allylic oxidation sites excluding steroid dienone is 1. The summed E-state index contributed by atoms with van der Waals surface area (Å²) in [7, 11) is 0. The van der Waals surface area contributed by atoms with E-state index >= 15 is 0 Å². The molecular formula is C18H14BrNO4. The molecule has 0 aromatic heterocycles. The average molecular weight is 388 g/mol. The van der Waals surface area contributed by atoms with Gasteiger partial charge in [-0.25, -0.2) is 0 Å². The van der Waals surface area contributed by atoms with E-state index in [4.69, 9.17) is 15.2 Å². The molecule has 1 aliphatic heterocycles. The number of rotatable bonds is 4. The maximum Gasteiger partial charge on any atom is 0.255 e. The highest BCUT2D eigenvalue weighted by molar-refractivity contribution is 9.10. The summed E-state index contributed by atoms with van der Waals surface area (Å²) in [5.74, 6) is 0.390. The molecule has 1 heterocycles. The van der Waals surface area contributed by atoms with Crippen molar-refractivity contribution in [1.29, 1.82) is 0 Å². The molecule has 2 aromatic rings. The SMILES string of the molecule is Cc1c(OCC(N)=O)ccc2c1O/C(=C\c1ccccc1Br)C2=O. The number of hydrogen-bond acceptors (Lipinski definition) is 4. The molecule has 5 nitrogen and oxygen atoms in total. The monoisotopic (exact) mass is 387 g/mol. The van der Waals surface area contributed by atoms with E-state index in [-0.39, 0.29) is 18.1 Å². The second-order valence-corrected chi connectivity index (χ2v) is 6.14. The highest BCUT2D eigenvalue weighted by atomic mass is 79.9. The standard InChI is InChI=1S/C18H14BrNO4/c1-10-14(23-9-16(20)21)7-6-12-17(22)15(24-18(10)12)8-11-4-2-3-5-13(11)19/h2-8H,9H2,1H3,(H2,20,21)/b15-8-. The molecular weight excluding hydrogens is 374 g/mol. The van der Waals surface area contributed by atoms with Crippen molar-refractivity contribution in [2.24, 2.45) is 5.73 Å². The van der Waals surface area contributed by atoms with Crippen LogP contribution in [0.15, 0.2) is 46.6 Å². The number of benzene rings is 2. The van der Waals surface area contributed by atoms with Crippen LogP contribution in [0.2, 0.25) is 0 Å². The molecule has 1 aliphatic rings. The molecule has 0 radical (unpaired) electrons. The summed E-state index contributed by atoms with van der Waals surface area (Å²) in [5, 5.41) is 0. The van der Waals surface area contributed by atoms with Gasteiger partial charge in [-0.05, 0) is 36.8 Å². The van der Waals surface area contributed by atoms with Crippen LogP contribution in [-0.2, 0) is 4.79 Å². The quantitative estimate of drug-likeness (QED) is 0.816. The van der Waals surface area contributed by atoms with E-state index in [1.54, 1.807) is 25.1 Å². The third-order valence-electron chi connectivity index (χ3n) is 3.60. The van der Waals surface area contributed by atoms with Gasteiger partial charge in [0.05, 0.1) is 5.56 Å². The smallest absolute Gasteiger partial charge is 0.255 e. The summed E-state index contributed by atoms with van der Waals surface area (Å²) in [6, 6.07) is 10.8. The third kappa shape index (κ3) is 3.05. The number of fused-ring (bicyclic) bond motifs is 1. The van der Waals surface area contributed by atoms with Gasteiger partial charge in [0.2, 0.25) is 5.78 Å². The van der Waals surface area contributed by atoms with Crippen LogP contribution in [0.5, 0.6) is 11.5 Å². The Kier molecular flexibility index (Phi) is 4.40. The Morgan fingerprint density at radius 3 is 2.75 bits per heavy atom. The van der Waals surface area contributed by atoms with E-state index in [1.807, 2.05) is 24.3 Å². The van der Waals surface area contributed by atoms with Crippen molar-refractivity contribution < 1.29 is 19.1 Å². The highest BCUT2D eigenvalue weighted by Crippen LogP contribution is 2.39. The summed E-state index contributed by atoms with van der Waals surface area (Å²) in [6.45, 7) is 1.54. The van der Waals surface area contributed by atoms with E-state index < -0.39 is 5.91 Å². The molecule has 0 atom stereocenters. The number of ketones is 1. The van der Waals surface area contributed by atoms with E-state index in [2.05, 4.69) is 15.9 Å². The number of nitrogens with two attached hydrogens (primary N) is 1. The first-order valence-corrected chi connectivity index (χ1v) is 8.00. The van der Waals surface area contributed by atoms with Gasteiger partial charge in [0.15, 0.2) is 12.4 Å². The average Bonchev–Trinajstić information content (AvgIpc) is 2.86. The van der Waals surface area contributed by atoms with Crippen molar-refractivity contribution in [3.63, 3.8) is 0 Å². The van der Waals surface area contributed by atoms with Crippen molar-refractivity contribution in [3.05, 3.63) is 63.3 Å². The molecule has 122 valence electrons. The van der Waals surface area contributed by atoms with Crippen molar-refractivity contribution in [3.8, 4) is 11.5 Å². The number of amides is 1. The van der Waals surface area contributed by atoms with Crippen molar-refractivity contribution in [1.82, 2.24) is 0 Å². The summed E-state index contributed by atoms with van der Waals surface area (Å²) in [6.07, 6.45) is 1.69. The van der Waals surface area contributed by atoms with Crippen molar-refractivity contribution in [2.75, 3.05) is 6.61 Å². The second kappa shape index (κ2) is 6.49. The number of ether oxygens (including phenoxy) is 2. The lowest BCUT2D eigenvalue weighted by Gasteiger charge is -2.10. The Morgan fingerprint density at radius 2 is 2.04 bits per heavy atom. The predicted molar refractivity (Wildman–Crippen MR) is 92.9 cm³/mol. The largest absolute Gasteiger partial charge is 0.483 e. The molecule has 0 saturated carbocycles. The van der Waals surface area contributed by atoms with Gasteiger partial charge in [-0.15, -0.1) is 0 Å².